The number of hydrogen-bond donors (Lipinski definition) is 0. The van der Waals surface area contributed by atoms with Crippen molar-refractivity contribution in [3.8, 4) is 0 Å². The molecular weight excluding hydrogens is 169 g/mol. The third-order valence-corrected chi connectivity index (χ3v) is 3.58. The summed E-state index contributed by atoms with van der Waals surface area (Å²) < 4.78 is 0. The van der Waals surface area contributed by atoms with Gasteiger partial charge in [0.1, 0.15) is 6.29 Å². The van der Waals surface area contributed by atoms with E-state index in [2.05, 4.69) is 11.9 Å². The molecule has 1 aliphatic rings. The molecule has 1 heterocycles. The molecule has 0 aromatic carbocycles. The van der Waals surface area contributed by atoms with Gasteiger partial charge in [0.05, 0.1) is 0 Å². The first-order chi connectivity index (χ1) is 5.74. The van der Waals surface area contributed by atoms with Crippen LogP contribution < -0.4 is 0 Å². The highest BCUT2D eigenvalue weighted by Crippen LogP contribution is 2.35. The third kappa shape index (κ3) is 2.53. The summed E-state index contributed by atoms with van der Waals surface area (Å²) in [6, 6.07) is 0. The summed E-state index contributed by atoms with van der Waals surface area (Å²) in [7, 11) is 0.828. The predicted molar refractivity (Wildman–Crippen MR) is 54.3 cm³/mol. The Balaban J connectivity index is 2.51. The van der Waals surface area contributed by atoms with Crippen LogP contribution in [0.1, 0.15) is 26.7 Å². The van der Waals surface area contributed by atoms with Crippen LogP contribution in [0.2, 0.25) is 0 Å². The molecule has 0 aromatic rings. The highest BCUT2D eigenvalue weighted by Gasteiger charge is 2.14. The molecule has 0 radical (unpaired) electrons. The molecule has 0 spiro atoms. The van der Waals surface area contributed by atoms with E-state index in [4.69, 9.17) is 0 Å². The van der Waals surface area contributed by atoms with Gasteiger partial charge in [-0.1, -0.05) is 8.58 Å². The SMILES string of the molecule is CC1=CN=C(C)C(CCC=O)P1. The van der Waals surface area contributed by atoms with Gasteiger partial charge in [-0.2, -0.15) is 0 Å². The van der Waals surface area contributed by atoms with E-state index in [1.165, 1.54) is 11.0 Å². The van der Waals surface area contributed by atoms with Crippen molar-refractivity contribution in [1.29, 1.82) is 0 Å². The average molecular weight is 183 g/mol. The lowest BCUT2D eigenvalue weighted by Crippen LogP contribution is -2.14. The first-order valence-corrected chi connectivity index (χ1v) is 5.23. The Labute approximate surface area is 74.9 Å². The van der Waals surface area contributed by atoms with Gasteiger partial charge in [-0.05, 0) is 25.6 Å². The second-order valence-corrected chi connectivity index (χ2v) is 4.80. The van der Waals surface area contributed by atoms with Crippen molar-refractivity contribution in [2.45, 2.75) is 32.3 Å². The van der Waals surface area contributed by atoms with Crippen molar-refractivity contribution in [2.75, 3.05) is 0 Å². The van der Waals surface area contributed by atoms with Gasteiger partial charge in [-0.25, -0.2) is 0 Å². The number of aliphatic imine (C=N–C) groups is 1. The highest BCUT2D eigenvalue weighted by atomic mass is 31.1. The van der Waals surface area contributed by atoms with Crippen molar-refractivity contribution < 1.29 is 4.79 Å². The third-order valence-electron chi connectivity index (χ3n) is 1.94. The zero-order valence-electron chi connectivity index (χ0n) is 7.50. The maximum atomic E-state index is 10.2. The Morgan fingerprint density at radius 3 is 3.08 bits per heavy atom. The van der Waals surface area contributed by atoms with Gasteiger partial charge in [0, 0.05) is 24.0 Å². The van der Waals surface area contributed by atoms with E-state index in [1.807, 2.05) is 13.1 Å². The van der Waals surface area contributed by atoms with E-state index in [0.717, 1.165) is 21.3 Å². The summed E-state index contributed by atoms with van der Waals surface area (Å²) in [5.41, 5.74) is 1.71. The number of hydrogen-bond acceptors (Lipinski definition) is 2. The van der Waals surface area contributed by atoms with E-state index < -0.39 is 0 Å². The maximum absolute atomic E-state index is 10.2. The van der Waals surface area contributed by atoms with Crippen molar-refractivity contribution in [3.63, 3.8) is 0 Å². The molecule has 2 nitrogen and oxygen atoms in total. The summed E-state index contributed by atoms with van der Waals surface area (Å²) >= 11 is 0. The van der Waals surface area contributed by atoms with Gasteiger partial charge in [0.2, 0.25) is 0 Å². The van der Waals surface area contributed by atoms with Gasteiger partial charge < -0.3 is 4.79 Å². The molecule has 2 atom stereocenters. The van der Waals surface area contributed by atoms with Crippen LogP contribution >= 0.6 is 8.58 Å². The molecule has 0 aromatic heterocycles. The summed E-state index contributed by atoms with van der Waals surface area (Å²) in [5.74, 6) is 0. The van der Waals surface area contributed by atoms with Crippen LogP contribution in [0.25, 0.3) is 0 Å². The van der Waals surface area contributed by atoms with Crippen LogP contribution in [0, 0.1) is 0 Å². The molecule has 0 bridgehead atoms. The lowest BCUT2D eigenvalue weighted by Gasteiger charge is -2.19. The van der Waals surface area contributed by atoms with E-state index in [0.29, 0.717) is 12.1 Å². The monoisotopic (exact) mass is 183 g/mol. The zero-order chi connectivity index (χ0) is 8.97. The van der Waals surface area contributed by atoms with E-state index in [9.17, 15) is 4.79 Å². The minimum Gasteiger partial charge on any atom is -0.303 e. The Hall–Kier alpha value is -0.490. The minimum atomic E-state index is 0.528. The summed E-state index contributed by atoms with van der Waals surface area (Å²) in [5, 5.41) is 1.34. The number of carbonyl (C=O) groups excluding carboxylic acids is 1. The quantitative estimate of drug-likeness (QED) is 0.487. The van der Waals surface area contributed by atoms with Crippen LogP contribution in [0.4, 0.5) is 0 Å². The molecule has 12 heavy (non-hydrogen) atoms. The lowest BCUT2D eigenvalue weighted by molar-refractivity contribution is -0.107. The number of rotatable bonds is 3. The summed E-state index contributed by atoms with van der Waals surface area (Å²) in [4.78, 5) is 14.5. The molecule has 3 heteroatoms. The predicted octanol–water partition coefficient (Wildman–Crippen LogP) is 2.35. The number of carbonyl (C=O) groups is 1. The first kappa shape index (κ1) is 9.60. The molecule has 1 aliphatic heterocycles. The summed E-state index contributed by atoms with van der Waals surface area (Å²) in [6.07, 6.45) is 4.55. The van der Waals surface area contributed by atoms with Crippen LogP contribution in [0.5, 0.6) is 0 Å². The largest absolute Gasteiger partial charge is 0.303 e. The molecule has 0 N–H and O–H groups in total. The molecule has 0 aliphatic carbocycles. The molecule has 1 rings (SSSR count). The van der Waals surface area contributed by atoms with E-state index in [-0.39, 0.29) is 0 Å². The Bertz CT molecular complexity index is 233. The van der Waals surface area contributed by atoms with Crippen LogP contribution in [-0.4, -0.2) is 17.7 Å². The molecular formula is C9H14NOP. The Morgan fingerprint density at radius 1 is 1.67 bits per heavy atom. The number of aldehydes is 1. The fourth-order valence-electron chi connectivity index (χ4n) is 1.22. The van der Waals surface area contributed by atoms with Crippen molar-refractivity contribution in [3.05, 3.63) is 11.5 Å². The molecule has 66 valence electrons. The van der Waals surface area contributed by atoms with Gasteiger partial charge in [-0.3, -0.25) is 4.99 Å². The maximum Gasteiger partial charge on any atom is 0.120 e. The molecule has 0 amide bonds. The van der Waals surface area contributed by atoms with Crippen LogP contribution in [0.15, 0.2) is 16.5 Å². The van der Waals surface area contributed by atoms with Crippen molar-refractivity contribution in [1.82, 2.24) is 0 Å². The second-order valence-electron chi connectivity index (χ2n) is 3.02. The molecule has 2 unspecified atom stereocenters. The molecule has 0 saturated carbocycles. The Morgan fingerprint density at radius 2 is 2.42 bits per heavy atom. The first-order valence-electron chi connectivity index (χ1n) is 4.15. The summed E-state index contributed by atoms with van der Waals surface area (Å²) in [6.45, 7) is 4.15. The molecule has 0 saturated heterocycles. The van der Waals surface area contributed by atoms with Crippen molar-refractivity contribution in [2.24, 2.45) is 4.99 Å². The normalized spacial score (nSPS) is 25.0. The average Bonchev–Trinajstić information content (AvgIpc) is 2.07. The van der Waals surface area contributed by atoms with Gasteiger partial charge in [-0.15, -0.1) is 0 Å². The Kier molecular flexibility index (Phi) is 3.61. The number of nitrogens with zero attached hydrogens (tertiary/aromatic N) is 1. The topological polar surface area (TPSA) is 29.4 Å². The standard InChI is InChI=1S/C9H14NOP/c1-7-6-10-8(2)9(12-7)4-3-5-11/h5-6,9,12H,3-4H2,1-2H3. The fraction of sp³-hybridized carbons (Fsp3) is 0.556. The smallest absolute Gasteiger partial charge is 0.120 e. The molecule has 0 fully saturated rings. The van der Waals surface area contributed by atoms with Crippen LogP contribution in [-0.2, 0) is 4.79 Å². The lowest BCUT2D eigenvalue weighted by atomic mass is 10.2. The van der Waals surface area contributed by atoms with Gasteiger partial charge in [0.25, 0.3) is 0 Å². The van der Waals surface area contributed by atoms with Crippen LogP contribution in [0.3, 0.4) is 0 Å². The highest BCUT2D eigenvalue weighted by molar-refractivity contribution is 7.45. The zero-order valence-corrected chi connectivity index (χ0v) is 8.50. The van der Waals surface area contributed by atoms with Crippen molar-refractivity contribution >= 4 is 20.6 Å². The number of allylic oxidation sites excluding steroid dienone is 1. The van der Waals surface area contributed by atoms with Gasteiger partial charge in [0.15, 0.2) is 0 Å². The minimum absolute atomic E-state index is 0.528. The van der Waals surface area contributed by atoms with E-state index >= 15 is 0 Å². The second kappa shape index (κ2) is 4.51. The van der Waals surface area contributed by atoms with Gasteiger partial charge >= 0.3 is 0 Å². The van der Waals surface area contributed by atoms with E-state index in [1.54, 1.807) is 0 Å². The fourth-order valence-corrected chi connectivity index (χ4v) is 2.50.